The van der Waals surface area contributed by atoms with E-state index in [9.17, 15) is 0 Å². The number of hydrogen-bond acceptors (Lipinski definition) is 6. The van der Waals surface area contributed by atoms with Crippen LogP contribution in [0.5, 0.6) is 0 Å². The molecule has 0 aromatic carbocycles. The van der Waals surface area contributed by atoms with Gasteiger partial charge in [0.05, 0.1) is 16.7 Å². The second-order valence-electron chi connectivity index (χ2n) is 4.38. The summed E-state index contributed by atoms with van der Waals surface area (Å²) in [5.74, 6) is 0.481. The van der Waals surface area contributed by atoms with Crippen molar-refractivity contribution < 1.29 is 0 Å². The molecule has 1 atom stereocenters. The van der Waals surface area contributed by atoms with Crippen molar-refractivity contribution >= 4 is 17.3 Å². The van der Waals surface area contributed by atoms with E-state index in [1.165, 1.54) is 4.88 Å². The molecule has 0 radical (unpaired) electrons. The standard InChI is InChI=1S/C13H15N5S/c1-7-5-11(6-14)18-13(15-7)17-9(3)12-8(2)16-10(4)19-12/h5,9H,1-4H3,(H,15,17,18). The number of rotatable bonds is 3. The van der Waals surface area contributed by atoms with Crippen LogP contribution in [0.1, 0.15) is 39.9 Å². The molecule has 98 valence electrons. The number of aromatic nitrogens is 3. The number of hydrogen-bond donors (Lipinski definition) is 1. The van der Waals surface area contributed by atoms with Gasteiger partial charge in [-0.05, 0) is 33.8 Å². The fraction of sp³-hybridized carbons (Fsp3) is 0.385. The van der Waals surface area contributed by atoms with E-state index in [0.29, 0.717) is 11.6 Å². The van der Waals surface area contributed by atoms with Gasteiger partial charge in [-0.1, -0.05) is 0 Å². The fourth-order valence-corrected chi connectivity index (χ4v) is 2.83. The summed E-state index contributed by atoms with van der Waals surface area (Å²) in [6.07, 6.45) is 0. The third-order valence-corrected chi connectivity index (χ3v) is 3.90. The van der Waals surface area contributed by atoms with Crippen molar-refractivity contribution in [2.45, 2.75) is 33.7 Å². The van der Waals surface area contributed by atoms with Crippen LogP contribution in [0, 0.1) is 32.1 Å². The van der Waals surface area contributed by atoms with Crippen LogP contribution in [0.25, 0.3) is 0 Å². The summed E-state index contributed by atoms with van der Waals surface area (Å²) in [4.78, 5) is 14.0. The normalized spacial score (nSPS) is 11.9. The SMILES string of the molecule is Cc1cc(C#N)nc(NC(C)c2sc(C)nc2C)n1. The van der Waals surface area contributed by atoms with E-state index in [1.54, 1.807) is 17.4 Å². The molecule has 0 saturated carbocycles. The Balaban J connectivity index is 2.24. The molecule has 5 nitrogen and oxygen atoms in total. The van der Waals surface area contributed by atoms with Crippen molar-refractivity contribution in [1.82, 2.24) is 15.0 Å². The average molecular weight is 273 g/mol. The molecule has 2 heterocycles. The zero-order valence-corrected chi connectivity index (χ0v) is 12.2. The summed E-state index contributed by atoms with van der Waals surface area (Å²) in [7, 11) is 0. The molecule has 0 fully saturated rings. The zero-order chi connectivity index (χ0) is 14.0. The summed E-state index contributed by atoms with van der Waals surface area (Å²) >= 11 is 1.66. The molecule has 2 rings (SSSR count). The van der Waals surface area contributed by atoms with Gasteiger partial charge in [0.25, 0.3) is 0 Å². The minimum atomic E-state index is 0.0690. The van der Waals surface area contributed by atoms with Crippen molar-refractivity contribution in [2.24, 2.45) is 0 Å². The largest absolute Gasteiger partial charge is 0.347 e. The molecule has 6 heteroatoms. The predicted molar refractivity (Wildman–Crippen MR) is 75.1 cm³/mol. The van der Waals surface area contributed by atoms with Crippen molar-refractivity contribution in [1.29, 1.82) is 5.26 Å². The molecule has 0 aliphatic rings. The van der Waals surface area contributed by atoms with Crippen LogP contribution in [-0.2, 0) is 0 Å². The molecule has 0 aliphatic heterocycles. The first-order chi connectivity index (χ1) is 8.99. The maximum Gasteiger partial charge on any atom is 0.224 e. The Hall–Kier alpha value is -2.00. The Morgan fingerprint density at radius 2 is 2.00 bits per heavy atom. The van der Waals surface area contributed by atoms with Gasteiger partial charge in [-0.3, -0.25) is 0 Å². The van der Waals surface area contributed by atoms with Gasteiger partial charge in [0.15, 0.2) is 0 Å². The highest BCUT2D eigenvalue weighted by Crippen LogP contribution is 2.26. The monoisotopic (exact) mass is 273 g/mol. The molecule has 1 N–H and O–H groups in total. The molecule has 0 aliphatic carbocycles. The van der Waals surface area contributed by atoms with Gasteiger partial charge >= 0.3 is 0 Å². The van der Waals surface area contributed by atoms with Crippen molar-refractivity contribution in [3.05, 3.63) is 33.0 Å². The third-order valence-electron chi connectivity index (χ3n) is 2.65. The van der Waals surface area contributed by atoms with Gasteiger partial charge in [0, 0.05) is 10.6 Å². The lowest BCUT2D eigenvalue weighted by molar-refractivity contribution is 0.860. The summed E-state index contributed by atoms with van der Waals surface area (Å²) in [5.41, 5.74) is 2.17. The average Bonchev–Trinajstić information content (AvgIpc) is 2.67. The highest BCUT2D eigenvalue weighted by Gasteiger charge is 2.14. The Labute approximate surface area is 116 Å². The Bertz CT molecular complexity index is 641. The number of aryl methyl sites for hydroxylation is 3. The number of thiazole rings is 1. The van der Waals surface area contributed by atoms with Crippen molar-refractivity contribution in [3.63, 3.8) is 0 Å². The lowest BCUT2D eigenvalue weighted by atomic mass is 10.2. The van der Waals surface area contributed by atoms with Gasteiger partial charge in [0.1, 0.15) is 11.8 Å². The molecule has 0 saturated heterocycles. The van der Waals surface area contributed by atoms with Crippen LogP contribution >= 0.6 is 11.3 Å². The molecular formula is C13H15N5S. The highest BCUT2D eigenvalue weighted by atomic mass is 32.1. The van der Waals surface area contributed by atoms with Crippen molar-refractivity contribution in [2.75, 3.05) is 5.32 Å². The minimum Gasteiger partial charge on any atom is -0.347 e. The van der Waals surface area contributed by atoms with E-state index in [0.717, 1.165) is 16.4 Å². The molecule has 2 aromatic rings. The van der Waals surface area contributed by atoms with E-state index >= 15 is 0 Å². The van der Waals surface area contributed by atoms with E-state index in [-0.39, 0.29) is 6.04 Å². The Kier molecular flexibility index (Phi) is 3.76. The third kappa shape index (κ3) is 3.06. The summed E-state index contributed by atoms with van der Waals surface area (Å²) < 4.78 is 0. The first-order valence-electron chi connectivity index (χ1n) is 5.96. The van der Waals surface area contributed by atoms with Crippen LogP contribution in [0.4, 0.5) is 5.95 Å². The first-order valence-corrected chi connectivity index (χ1v) is 6.77. The van der Waals surface area contributed by atoms with E-state index < -0.39 is 0 Å². The number of nitrogens with zero attached hydrogens (tertiary/aromatic N) is 4. The van der Waals surface area contributed by atoms with Crippen molar-refractivity contribution in [3.8, 4) is 6.07 Å². The first kappa shape index (κ1) is 13.4. The second-order valence-corrected chi connectivity index (χ2v) is 5.61. The van der Waals surface area contributed by atoms with Crippen LogP contribution < -0.4 is 5.32 Å². The smallest absolute Gasteiger partial charge is 0.224 e. The summed E-state index contributed by atoms with van der Waals surface area (Å²) in [5, 5.41) is 13.2. The molecule has 19 heavy (non-hydrogen) atoms. The molecular weight excluding hydrogens is 258 g/mol. The quantitative estimate of drug-likeness (QED) is 0.930. The van der Waals surface area contributed by atoms with Crippen LogP contribution in [-0.4, -0.2) is 15.0 Å². The topological polar surface area (TPSA) is 74.5 Å². The van der Waals surface area contributed by atoms with Gasteiger partial charge in [-0.15, -0.1) is 11.3 Å². The predicted octanol–water partition coefficient (Wildman–Crippen LogP) is 2.90. The minimum absolute atomic E-state index is 0.0690. The molecule has 0 bridgehead atoms. The van der Waals surface area contributed by atoms with E-state index in [1.807, 2.05) is 33.8 Å². The summed E-state index contributed by atoms with van der Waals surface area (Å²) in [6.45, 7) is 7.87. The zero-order valence-electron chi connectivity index (χ0n) is 11.4. The maximum atomic E-state index is 8.91. The molecule has 0 amide bonds. The van der Waals surface area contributed by atoms with E-state index in [4.69, 9.17) is 5.26 Å². The number of nitrogens with one attached hydrogen (secondary N) is 1. The molecule has 0 spiro atoms. The fourth-order valence-electron chi connectivity index (χ4n) is 1.90. The van der Waals surface area contributed by atoms with Gasteiger partial charge in [0.2, 0.25) is 5.95 Å². The maximum absolute atomic E-state index is 8.91. The lowest BCUT2D eigenvalue weighted by Gasteiger charge is -2.13. The van der Waals surface area contributed by atoms with Gasteiger partial charge < -0.3 is 5.32 Å². The molecule has 1 unspecified atom stereocenters. The second kappa shape index (κ2) is 5.33. The Morgan fingerprint density at radius 3 is 2.58 bits per heavy atom. The highest BCUT2D eigenvalue weighted by molar-refractivity contribution is 7.11. The van der Waals surface area contributed by atoms with Gasteiger partial charge in [-0.2, -0.15) is 5.26 Å². The number of nitriles is 1. The van der Waals surface area contributed by atoms with Gasteiger partial charge in [-0.25, -0.2) is 15.0 Å². The summed E-state index contributed by atoms with van der Waals surface area (Å²) in [6, 6.07) is 3.77. The van der Waals surface area contributed by atoms with Crippen LogP contribution in [0.15, 0.2) is 6.07 Å². The Morgan fingerprint density at radius 1 is 1.26 bits per heavy atom. The molecule has 2 aromatic heterocycles. The number of anilines is 1. The van der Waals surface area contributed by atoms with Crippen LogP contribution in [0.3, 0.4) is 0 Å². The van der Waals surface area contributed by atoms with Crippen LogP contribution in [0.2, 0.25) is 0 Å². The lowest BCUT2D eigenvalue weighted by Crippen LogP contribution is -2.10. The van der Waals surface area contributed by atoms with E-state index in [2.05, 4.69) is 20.3 Å².